The average molecular weight is 309 g/mol. The monoisotopic (exact) mass is 309 g/mol. The highest BCUT2D eigenvalue weighted by Gasteiger charge is 2.17. The van der Waals surface area contributed by atoms with E-state index in [1.807, 2.05) is 13.0 Å². The summed E-state index contributed by atoms with van der Waals surface area (Å²) in [5.41, 5.74) is 0.947. The van der Waals surface area contributed by atoms with Gasteiger partial charge in [0.05, 0.1) is 4.90 Å². The van der Waals surface area contributed by atoms with Crippen LogP contribution >= 0.6 is 0 Å². The van der Waals surface area contributed by atoms with Crippen LogP contribution in [-0.2, 0) is 10.0 Å². The zero-order valence-electron chi connectivity index (χ0n) is 12.0. The van der Waals surface area contributed by atoms with Crippen molar-refractivity contribution in [3.05, 3.63) is 42.2 Å². The van der Waals surface area contributed by atoms with Crippen LogP contribution < -0.4 is 10.0 Å². The highest BCUT2D eigenvalue weighted by molar-refractivity contribution is 7.92. The van der Waals surface area contributed by atoms with Gasteiger partial charge in [0, 0.05) is 12.1 Å². The Bertz CT molecular complexity index is 669. The second-order valence-corrected chi connectivity index (χ2v) is 6.26. The molecular weight excluding hydrogens is 290 g/mol. The molecule has 1 aromatic carbocycles. The first-order valence-corrected chi connectivity index (χ1v) is 8.31. The Balaban J connectivity index is 2.27. The van der Waals surface area contributed by atoms with E-state index in [1.54, 1.807) is 18.2 Å². The summed E-state index contributed by atoms with van der Waals surface area (Å²) in [6, 6.07) is 8.49. The van der Waals surface area contributed by atoms with Crippen LogP contribution in [0.1, 0.15) is 31.9 Å². The van der Waals surface area contributed by atoms with Gasteiger partial charge in [-0.15, -0.1) is 0 Å². The maximum atomic E-state index is 12.3. The van der Waals surface area contributed by atoms with Gasteiger partial charge in [-0.2, -0.15) is 0 Å². The second kappa shape index (κ2) is 6.73. The fourth-order valence-electron chi connectivity index (χ4n) is 2.10. The van der Waals surface area contributed by atoms with E-state index >= 15 is 0 Å². The molecule has 0 aliphatic heterocycles. The first-order valence-electron chi connectivity index (χ1n) is 6.83. The number of hydrogen-bond donors (Lipinski definition) is 2. The molecule has 21 heavy (non-hydrogen) atoms. The Morgan fingerprint density at radius 1 is 1.29 bits per heavy atom. The highest BCUT2D eigenvalue weighted by Crippen LogP contribution is 2.21. The molecule has 2 N–H and O–H groups in total. The Labute approximate surface area is 124 Å². The van der Waals surface area contributed by atoms with Crippen LogP contribution in [0.2, 0.25) is 0 Å². The van der Waals surface area contributed by atoms with Crippen molar-refractivity contribution in [2.24, 2.45) is 0 Å². The van der Waals surface area contributed by atoms with Gasteiger partial charge in [-0.3, -0.25) is 4.72 Å². The largest absolute Gasteiger partial charge is 0.363 e. The predicted molar refractivity (Wildman–Crippen MR) is 80.5 cm³/mol. The molecule has 0 radical (unpaired) electrons. The van der Waals surface area contributed by atoms with Crippen LogP contribution in [0.15, 0.2) is 46.0 Å². The minimum absolute atomic E-state index is 0.136. The average Bonchev–Trinajstić information content (AvgIpc) is 2.97. The minimum Gasteiger partial charge on any atom is -0.363 e. The summed E-state index contributed by atoms with van der Waals surface area (Å²) < 4.78 is 31.6. The van der Waals surface area contributed by atoms with Gasteiger partial charge in [0.2, 0.25) is 0 Å². The minimum atomic E-state index is -3.66. The number of nitrogens with one attached hydrogen (secondary N) is 2. The second-order valence-electron chi connectivity index (χ2n) is 4.58. The van der Waals surface area contributed by atoms with Gasteiger partial charge in [0.25, 0.3) is 10.0 Å². The maximum Gasteiger partial charge on any atom is 0.263 e. The van der Waals surface area contributed by atoms with Gasteiger partial charge < -0.3 is 9.84 Å². The lowest BCUT2D eigenvalue weighted by Crippen LogP contribution is -2.20. The molecule has 1 atom stereocenters. The normalized spacial score (nSPS) is 13.0. The molecule has 0 saturated heterocycles. The summed E-state index contributed by atoms with van der Waals surface area (Å²) in [4.78, 5) is 0.208. The van der Waals surface area contributed by atoms with E-state index in [0.717, 1.165) is 18.5 Å². The summed E-state index contributed by atoms with van der Waals surface area (Å²) in [5.74, 6) is 0.166. The number of benzene rings is 1. The van der Waals surface area contributed by atoms with Gasteiger partial charge in [-0.25, -0.2) is 8.42 Å². The number of hydrogen-bond acceptors (Lipinski definition) is 5. The van der Waals surface area contributed by atoms with Crippen molar-refractivity contribution in [2.45, 2.75) is 31.2 Å². The zero-order chi connectivity index (χ0) is 15.3. The van der Waals surface area contributed by atoms with Crippen molar-refractivity contribution in [1.29, 1.82) is 0 Å². The Hall–Kier alpha value is -1.86. The lowest BCUT2D eigenvalue weighted by Gasteiger charge is -2.17. The molecule has 0 spiro atoms. The Morgan fingerprint density at radius 2 is 2.10 bits per heavy atom. The third kappa shape index (κ3) is 3.83. The molecule has 0 fully saturated rings. The topological polar surface area (TPSA) is 84.2 Å². The maximum absolute atomic E-state index is 12.3. The quantitative estimate of drug-likeness (QED) is 0.821. The molecule has 2 aromatic rings. The molecule has 2 rings (SSSR count). The first-order chi connectivity index (χ1) is 10.1. The van der Waals surface area contributed by atoms with Crippen molar-refractivity contribution in [2.75, 3.05) is 11.3 Å². The lowest BCUT2D eigenvalue weighted by molar-refractivity contribution is 0.423. The van der Waals surface area contributed by atoms with Crippen molar-refractivity contribution in [3.8, 4) is 0 Å². The number of nitrogens with zero attached hydrogens (tertiary/aromatic N) is 1. The fraction of sp³-hybridized carbons (Fsp3) is 0.357. The van der Waals surface area contributed by atoms with E-state index in [-0.39, 0.29) is 16.8 Å². The molecular formula is C14H19N3O3S. The van der Waals surface area contributed by atoms with Crippen LogP contribution in [0.3, 0.4) is 0 Å². The van der Waals surface area contributed by atoms with Crippen LogP contribution in [0, 0.1) is 0 Å². The number of sulfonamides is 1. The van der Waals surface area contributed by atoms with Gasteiger partial charge in [-0.05, 0) is 30.7 Å². The molecule has 0 amide bonds. The van der Waals surface area contributed by atoms with Crippen LogP contribution in [0.4, 0.5) is 5.82 Å². The number of anilines is 1. The van der Waals surface area contributed by atoms with Crippen molar-refractivity contribution in [3.63, 3.8) is 0 Å². The van der Waals surface area contributed by atoms with E-state index in [2.05, 4.69) is 26.6 Å². The number of aromatic nitrogens is 1. The molecule has 0 aliphatic carbocycles. The summed E-state index contributed by atoms with van der Waals surface area (Å²) in [6.45, 7) is 4.91. The van der Waals surface area contributed by atoms with Gasteiger partial charge >= 0.3 is 0 Å². The van der Waals surface area contributed by atoms with Crippen molar-refractivity contribution < 1.29 is 12.9 Å². The summed E-state index contributed by atoms with van der Waals surface area (Å²) >= 11 is 0. The SMILES string of the molecule is CCNC(CC)c1cccc(S(=O)(=O)Nc2ccon2)c1. The molecule has 7 heteroatoms. The van der Waals surface area contributed by atoms with E-state index < -0.39 is 10.0 Å². The van der Waals surface area contributed by atoms with Crippen LogP contribution in [0.25, 0.3) is 0 Å². The van der Waals surface area contributed by atoms with Crippen molar-refractivity contribution in [1.82, 2.24) is 10.5 Å². The highest BCUT2D eigenvalue weighted by atomic mass is 32.2. The molecule has 0 aliphatic rings. The predicted octanol–water partition coefficient (Wildman–Crippen LogP) is 2.54. The summed E-state index contributed by atoms with van der Waals surface area (Å²) in [5, 5.41) is 6.88. The Morgan fingerprint density at radius 3 is 2.71 bits per heavy atom. The standard InChI is InChI=1S/C14H19N3O3S/c1-3-13(15-4-2)11-6-5-7-12(10-11)21(18,19)17-14-8-9-20-16-14/h5-10,13,15H,3-4H2,1-2H3,(H,16,17). The smallest absolute Gasteiger partial charge is 0.263 e. The van der Waals surface area contributed by atoms with Crippen LogP contribution in [0.5, 0.6) is 0 Å². The fourth-order valence-corrected chi connectivity index (χ4v) is 3.15. The first kappa shape index (κ1) is 15.5. The van der Waals surface area contributed by atoms with E-state index in [1.165, 1.54) is 12.3 Å². The molecule has 0 saturated carbocycles. The van der Waals surface area contributed by atoms with E-state index in [0.29, 0.717) is 0 Å². The van der Waals surface area contributed by atoms with Gasteiger partial charge in [0.1, 0.15) is 6.26 Å². The third-order valence-corrected chi connectivity index (χ3v) is 4.46. The van der Waals surface area contributed by atoms with E-state index in [4.69, 9.17) is 0 Å². The summed E-state index contributed by atoms with van der Waals surface area (Å²) in [6.07, 6.45) is 2.20. The third-order valence-electron chi connectivity index (χ3n) is 3.11. The van der Waals surface area contributed by atoms with Gasteiger partial charge in [-0.1, -0.05) is 31.1 Å². The molecule has 114 valence electrons. The molecule has 6 nitrogen and oxygen atoms in total. The molecule has 0 bridgehead atoms. The molecule has 1 unspecified atom stereocenters. The van der Waals surface area contributed by atoms with Crippen LogP contribution in [-0.4, -0.2) is 20.1 Å². The molecule has 1 heterocycles. The van der Waals surface area contributed by atoms with Crippen molar-refractivity contribution >= 4 is 15.8 Å². The number of rotatable bonds is 7. The van der Waals surface area contributed by atoms with E-state index in [9.17, 15) is 8.42 Å². The Kier molecular flexibility index (Phi) is 4.98. The molecule has 1 aromatic heterocycles. The summed E-state index contributed by atoms with van der Waals surface area (Å²) in [7, 11) is -3.66. The van der Waals surface area contributed by atoms with Gasteiger partial charge in [0.15, 0.2) is 5.82 Å². The lowest BCUT2D eigenvalue weighted by atomic mass is 10.0. The zero-order valence-corrected chi connectivity index (χ0v) is 12.9.